The van der Waals surface area contributed by atoms with Gasteiger partial charge in [0.15, 0.2) is 0 Å². The van der Waals surface area contributed by atoms with E-state index in [-0.39, 0.29) is 5.41 Å². The van der Waals surface area contributed by atoms with E-state index in [1.807, 2.05) is 0 Å². The van der Waals surface area contributed by atoms with Gasteiger partial charge in [0.2, 0.25) is 0 Å². The second-order valence-corrected chi connectivity index (χ2v) is 7.40. The first-order chi connectivity index (χ1) is 9.87. The maximum atomic E-state index is 5.07. The molecule has 0 saturated heterocycles. The van der Waals surface area contributed by atoms with Gasteiger partial charge in [0.05, 0.1) is 5.69 Å². The van der Waals surface area contributed by atoms with Crippen molar-refractivity contribution in [3.8, 4) is 0 Å². The molecule has 1 aromatic rings. The second-order valence-electron chi connectivity index (χ2n) is 7.40. The highest BCUT2D eigenvalue weighted by Crippen LogP contribution is 2.34. The summed E-state index contributed by atoms with van der Waals surface area (Å²) in [4.78, 5) is 8.79. The van der Waals surface area contributed by atoms with Crippen LogP contribution < -0.4 is 0 Å². The monoisotopic (exact) mass is 292 g/mol. The van der Waals surface area contributed by atoms with Gasteiger partial charge in [0.25, 0.3) is 0 Å². The zero-order valence-corrected chi connectivity index (χ0v) is 15.3. The van der Waals surface area contributed by atoms with Crippen LogP contribution in [0.2, 0.25) is 0 Å². The molecule has 0 aliphatic rings. The van der Waals surface area contributed by atoms with Crippen molar-refractivity contribution in [2.45, 2.75) is 104 Å². The highest BCUT2D eigenvalue weighted by Gasteiger charge is 2.27. The van der Waals surface area contributed by atoms with Crippen molar-refractivity contribution in [2.24, 2.45) is 0 Å². The van der Waals surface area contributed by atoms with E-state index in [0.717, 1.165) is 0 Å². The molecular formula is C19H36N2. The van der Waals surface area contributed by atoms with Crippen molar-refractivity contribution in [1.29, 1.82) is 0 Å². The summed E-state index contributed by atoms with van der Waals surface area (Å²) in [6, 6.07) is 0. The van der Waals surface area contributed by atoms with Gasteiger partial charge < -0.3 is 4.98 Å². The topological polar surface area (TPSA) is 28.7 Å². The van der Waals surface area contributed by atoms with Crippen LogP contribution in [0.5, 0.6) is 0 Å². The summed E-state index contributed by atoms with van der Waals surface area (Å²) in [7, 11) is 0. The van der Waals surface area contributed by atoms with Crippen LogP contribution in [0.25, 0.3) is 0 Å². The molecule has 122 valence electrons. The quantitative estimate of drug-likeness (QED) is 0.569. The van der Waals surface area contributed by atoms with Crippen molar-refractivity contribution in [2.75, 3.05) is 0 Å². The minimum Gasteiger partial charge on any atom is -0.345 e. The molecule has 2 heteroatoms. The van der Waals surface area contributed by atoms with Crippen LogP contribution in [0, 0.1) is 0 Å². The fourth-order valence-corrected chi connectivity index (χ4v) is 3.36. The molecule has 1 aromatic heterocycles. The average molecular weight is 293 g/mol. The Hall–Kier alpha value is -0.790. The van der Waals surface area contributed by atoms with Crippen LogP contribution >= 0.6 is 0 Å². The SMILES string of the molecule is CCCC(C)c1nc(C(C)(C)CCC)[nH]c1C(C)CCC. The molecule has 0 bridgehead atoms. The third-order valence-electron chi connectivity index (χ3n) is 4.68. The normalized spacial score (nSPS) is 15.2. The van der Waals surface area contributed by atoms with Gasteiger partial charge in [-0.2, -0.15) is 0 Å². The first-order valence-electron chi connectivity index (χ1n) is 8.97. The average Bonchev–Trinajstić information content (AvgIpc) is 2.85. The van der Waals surface area contributed by atoms with Crippen LogP contribution in [-0.4, -0.2) is 9.97 Å². The van der Waals surface area contributed by atoms with Gasteiger partial charge in [0, 0.05) is 17.0 Å². The molecule has 2 unspecified atom stereocenters. The number of imidazole rings is 1. The summed E-state index contributed by atoms with van der Waals surface area (Å²) in [5.74, 6) is 2.34. The Kier molecular flexibility index (Phi) is 6.96. The van der Waals surface area contributed by atoms with Crippen molar-refractivity contribution >= 4 is 0 Å². The van der Waals surface area contributed by atoms with Gasteiger partial charge in [-0.05, 0) is 25.2 Å². The van der Waals surface area contributed by atoms with E-state index in [1.165, 1.54) is 55.7 Å². The summed E-state index contributed by atoms with van der Waals surface area (Å²) >= 11 is 0. The minimum atomic E-state index is 0.152. The van der Waals surface area contributed by atoms with E-state index in [2.05, 4.69) is 53.5 Å². The highest BCUT2D eigenvalue weighted by molar-refractivity contribution is 5.25. The number of aromatic nitrogens is 2. The number of hydrogen-bond donors (Lipinski definition) is 1. The van der Waals surface area contributed by atoms with Gasteiger partial charge in [-0.25, -0.2) is 4.98 Å². The lowest BCUT2D eigenvalue weighted by Gasteiger charge is -2.21. The third-order valence-corrected chi connectivity index (χ3v) is 4.68. The van der Waals surface area contributed by atoms with Crippen LogP contribution in [0.3, 0.4) is 0 Å². The molecule has 21 heavy (non-hydrogen) atoms. The molecule has 0 fully saturated rings. The van der Waals surface area contributed by atoms with Crippen molar-refractivity contribution in [3.63, 3.8) is 0 Å². The van der Waals surface area contributed by atoms with Gasteiger partial charge in [-0.3, -0.25) is 0 Å². The molecule has 0 radical (unpaired) electrons. The first-order valence-corrected chi connectivity index (χ1v) is 8.97. The van der Waals surface area contributed by atoms with Gasteiger partial charge >= 0.3 is 0 Å². The molecule has 0 aliphatic heterocycles. The predicted octanol–water partition coefficient (Wildman–Crippen LogP) is 6.29. The van der Waals surface area contributed by atoms with E-state index in [0.29, 0.717) is 11.8 Å². The highest BCUT2D eigenvalue weighted by atomic mass is 15.0. The number of aromatic amines is 1. The molecule has 0 spiro atoms. The lowest BCUT2D eigenvalue weighted by molar-refractivity contribution is 0.446. The van der Waals surface area contributed by atoms with Crippen molar-refractivity contribution in [1.82, 2.24) is 9.97 Å². The maximum Gasteiger partial charge on any atom is 0.112 e. The predicted molar refractivity (Wildman–Crippen MR) is 93.2 cm³/mol. The molecule has 0 aliphatic carbocycles. The van der Waals surface area contributed by atoms with E-state index in [4.69, 9.17) is 4.98 Å². The van der Waals surface area contributed by atoms with E-state index in [9.17, 15) is 0 Å². The first kappa shape index (κ1) is 18.3. The maximum absolute atomic E-state index is 5.07. The molecular weight excluding hydrogens is 256 g/mol. The fourth-order valence-electron chi connectivity index (χ4n) is 3.36. The van der Waals surface area contributed by atoms with Crippen molar-refractivity contribution < 1.29 is 0 Å². The molecule has 0 aromatic carbocycles. The third kappa shape index (κ3) is 4.59. The van der Waals surface area contributed by atoms with E-state index >= 15 is 0 Å². The second kappa shape index (κ2) is 8.00. The Morgan fingerprint density at radius 2 is 1.52 bits per heavy atom. The largest absolute Gasteiger partial charge is 0.345 e. The van der Waals surface area contributed by atoms with E-state index in [1.54, 1.807) is 0 Å². The van der Waals surface area contributed by atoms with Crippen LogP contribution in [0.15, 0.2) is 0 Å². The Morgan fingerprint density at radius 1 is 0.952 bits per heavy atom. The molecule has 0 amide bonds. The summed E-state index contributed by atoms with van der Waals surface area (Å²) in [6.07, 6.45) is 7.31. The number of nitrogens with zero attached hydrogens (tertiary/aromatic N) is 1. The Bertz CT molecular complexity index is 388. The fraction of sp³-hybridized carbons (Fsp3) is 0.842. The van der Waals surface area contributed by atoms with Crippen LogP contribution in [0.4, 0.5) is 0 Å². The Morgan fingerprint density at radius 3 is 2.05 bits per heavy atom. The lowest BCUT2D eigenvalue weighted by Crippen LogP contribution is -2.18. The standard InChI is InChI=1S/C19H36N2/c1-8-11-14(4)16-17(15(5)12-9-2)21-18(20-16)19(6,7)13-10-3/h14-15H,8-13H2,1-7H3,(H,20,21). The van der Waals surface area contributed by atoms with Gasteiger partial charge in [-0.15, -0.1) is 0 Å². The van der Waals surface area contributed by atoms with Crippen molar-refractivity contribution in [3.05, 3.63) is 17.2 Å². The number of nitrogens with one attached hydrogen (secondary N) is 1. The molecule has 1 rings (SSSR count). The van der Waals surface area contributed by atoms with Crippen LogP contribution in [-0.2, 0) is 5.41 Å². The molecule has 1 heterocycles. The summed E-state index contributed by atoms with van der Waals surface area (Å²) in [5.41, 5.74) is 2.88. The zero-order valence-electron chi connectivity index (χ0n) is 15.3. The molecule has 2 nitrogen and oxygen atoms in total. The Balaban J connectivity index is 3.17. The number of rotatable bonds is 9. The van der Waals surface area contributed by atoms with E-state index < -0.39 is 0 Å². The molecule has 2 atom stereocenters. The molecule has 1 N–H and O–H groups in total. The van der Waals surface area contributed by atoms with Gasteiger partial charge in [-0.1, -0.05) is 67.7 Å². The molecule has 0 saturated carbocycles. The summed E-state index contributed by atoms with van der Waals surface area (Å²) in [5, 5.41) is 0. The summed E-state index contributed by atoms with van der Waals surface area (Å²) < 4.78 is 0. The Labute approximate surface area is 132 Å². The van der Waals surface area contributed by atoms with Crippen LogP contribution in [0.1, 0.15) is 116 Å². The van der Waals surface area contributed by atoms with Gasteiger partial charge in [0.1, 0.15) is 5.82 Å². The lowest BCUT2D eigenvalue weighted by atomic mass is 9.87. The number of hydrogen-bond acceptors (Lipinski definition) is 1. The number of H-pyrrole nitrogens is 1. The zero-order chi connectivity index (χ0) is 16.0. The smallest absolute Gasteiger partial charge is 0.112 e. The summed E-state index contributed by atoms with van der Waals surface area (Å²) in [6.45, 7) is 16.1. The minimum absolute atomic E-state index is 0.152.